The first-order chi connectivity index (χ1) is 14.3. The molecule has 2 nitrogen and oxygen atoms in total. The summed E-state index contributed by atoms with van der Waals surface area (Å²) in [5.41, 5.74) is 5.00. The molecule has 30 heavy (non-hydrogen) atoms. The van der Waals surface area contributed by atoms with Crippen LogP contribution in [0.15, 0.2) is 41.0 Å². The lowest BCUT2D eigenvalue weighted by Crippen LogP contribution is -2.21. The Bertz CT molecular complexity index is 956. The van der Waals surface area contributed by atoms with E-state index in [0.717, 1.165) is 46.6 Å². The van der Waals surface area contributed by atoms with Crippen LogP contribution in [-0.4, -0.2) is 16.6 Å². The van der Waals surface area contributed by atoms with Gasteiger partial charge in [-0.25, -0.2) is 0 Å². The average molecular weight is 463 g/mol. The number of aryl methyl sites for hydroxylation is 3. The van der Waals surface area contributed by atoms with Crippen LogP contribution < -0.4 is 0 Å². The molecular formula is C25H28Cl2O2S. The van der Waals surface area contributed by atoms with Crippen molar-refractivity contribution in [2.75, 3.05) is 5.75 Å². The smallest absolute Gasteiger partial charge is 0.167 e. The van der Waals surface area contributed by atoms with Gasteiger partial charge in [-0.2, -0.15) is 0 Å². The fourth-order valence-corrected chi connectivity index (χ4v) is 5.82. The lowest BCUT2D eigenvalue weighted by molar-refractivity contribution is -0.115. The van der Waals surface area contributed by atoms with E-state index in [-0.39, 0.29) is 17.5 Å². The van der Waals surface area contributed by atoms with Gasteiger partial charge in [0.1, 0.15) is 5.76 Å². The lowest BCUT2D eigenvalue weighted by Gasteiger charge is -2.26. The first kappa shape index (κ1) is 23.2. The number of aliphatic hydroxyl groups is 1. The summed E-state index contributed by atoms with van der Waals surface area (Å²) in [4.78, 5) is 14.1. The Morgan fingerprint density at radius 1 is 1.10 bits per heavy atom. The highest BCUT2D eigenvalue weighted by atomic mass is 35.5. The van der Waals surface area contributed by atoms with Gasteiger partial charge < -0.3 is 5.11 Å². The molecule has 2 aromatic carbocycles. The fraction of sp³-hybridized carbons (Fsp3) is 0.400. The summed E-state index contributed by atoms with van der Waals surface area (Å²) in [5.74, 6) is 1.27. The molecule has 0 aliphatic heterocycles. The highest BCUT2D eigenvalue weighted by Crippen LogP contribution is 2.39. The zero-order chi connectivity index (χ0) is 21.8. The van der Waals surface area contributed by atoms with E-state index in [4.69, 9.17) is 23.2 Å². The molecule has 1 unspecified atom stereocenters. The number of halogens is 2. The number of allylic oxidation sites excluding steroid dienone is 2. The zero-order valence-corrected chi connectivity index (χ0v) is 20.1. The van der Waals surface area contributed by atoms with E-state index >= 15 is 0 Å². The van der Waals surface area contributed by atoms with E-state index in [2.05, 4.69) is 32.9 Å². The molecule has 0 heterocycles. The summed E-state index contributed by atoms with van der Waals surface area (Å²) >= 11 is 14.0. The van der Waals surface area contributed by atoms with E-state index in [0.29, 0.717) is 28.5 Å². The molecule has 0 fully saturated rings. The summed E-state index contributed by atoms with van der Waals surface area (Å²) in [5, 5.41) is 12.0. The van der Waals surface area contributed by atoms with E-state index in [1.54, 1.807) is 17.8 Å². The second kappa shape index (κ2) is 10.3. The quantitative estimate of drug-likeness (QED) is 0.425. The molecule has 3 rings (SSSR count). The van der Waals surface area contributed by atoms with Crippen LogP contribution in [0, 0.1) is 12.8 Å². The third-order valence-electron chi connectivity index (χ3n) is 5.68. The Balaban J connectivity index is 1.76. The average Bonchev–Trinajstić information content (AvgIpc) is 2.71. The predicted molar refractivity (Wildman–Crippen MR) is 129 cm³/mol. The normalized spacial score (nSPS) is 17.0. The lowest BCUT2D eigenvalue weighted by atomic mass is 9.79. The number of hydrogen-bond donors (Lipinski definition) is 1. The van der Waals surface area contributed by atoms with Crippen LogP contribution in [0.1, 0.15) is 55.4 Å². The standard InChI is InChI=1S/C25H28Cl2O2S/c1-4-17-11-15(3)12-18(5-2)23(17)24-20(28)13-16(14-21(24)29)9-10-30-22-8-6-7-19(26)25(22)27/h6-8,11-12,16,28H,4-5,9-10,13-14H2,1-3H3. The minimum atomic E-state index is 0.0581. The largest absolute Gasteiger partial charge is 0.512 e. The minimum absolute atomic E-state index is 0.0581. The van der Waals surface area contributed by atoms with E-state index < -0.39 is 0 Å². The number of carbonyl (C=O) groups is 1. The van der Waals surface area contributed by atoms with Crippen molar-refractivity contribution in [3.8, 4) is 0 Å². The van der Waals surface area contributed by atoms with Crippen molar-refractivity contribution in [1.29, 1.82) is 0 Å². The molecule has 1 N–H and O–H groups in total. The number of hydrogen-bond acceptors (Lipinski definition) is 3. The number of thioether (sulfide) groups is 1. The third-order valence-corrected chi connectivity index (χ3v) is 7.70. The molecule has 5 heteroatoms. The van der Waals surface area contributed by atoms with Gasteiger partial charge in [-0.05, 0) is 66.7 Å². The van der Waals surface area contributed by atoms with Crippen LogP contribution in [0.2, 0.25) is 10.0 Å². The first-order valence-corrected chi connectivity index (χ1v) is 12.2. The molecular weight excluding hydrogens is 435 g/mol. The van der Waals surface area contributed by atoms with E-state index in [9.17, 15) is 9.90 Å². The number of carbonyl (C=O) groups excluding carboxylic acids is 1. The summed E-state index contributed by atoms with van der Waals surface area (Å²) in [6.45, 7) is 6.28. The molecule has 0 bridgehead atoms. The summed E-state index contributed by atoms with van der Waals surface area (Å²) in [6, 6.07) is 9.90. The topological polar surface area (TPSA) is 37.3 Å². The minimum Gasteiger partial charge on any atom is -0.512 e. The molecule has 1 aliphatic rings. The van der Waals surface area contributed by atoms with Crippen LogP contribution >= 0.6 is 35.0 Å². The first-order valence-electron chi connectivity index (χ1n) is 10.5. The maximum Gasteiger partial charge on any atom is 0.167 e. The Hall–Kier alpha value is -1.42. The number of benzene rings is 2. The molecule has 0 saturated heterocycles. The number of aliphatic hydroxyl groups excluding tert-OH is 1. The molecule has 0 radical (unpaired) electrons. The molecule has 2 aromatic rings. The van der Waals surface area contributed by atoms with Crippen molar-refractivity contribution >= 4 is 46.3 Å². The van der Waals surface area contributed by atoms with Crippen LogP contribution in [0.5, 0.6) is 0 Å². The highest BCUT2D eigenvalue weighted by molar-refractivity contribution is 7.99. The summed E-state index contributed by atoms with van der Waals surface area (Å²) in [7, 11) is 0. The van der Waals surface area contributed by atoms with Crippen molar-refractivity contribution in [3.05, 3.63) is 68.4 Å². The van der Waals surface area contributed by atoms with Crippen molar-refractivity contribution < 1.29 is 9.90 Å². The number of ketones is 1. The van der Waals surface area contributed by atoms with Crippen molar-refractivity contribution in [2.24, 2.45) is 5.92 Å². The second-order valence-corrected chi connectivity index (χ2v) is 9.80. The highest BCUT2D eigenvalue weighted by Gasteiger charge is 2.30. The monoisotopic (exact) mass is 462 g/mol. The zero-order valence-electron chi connectivity index (χ0n) is 17.7. The Morgan fingerprint density at radius 3 is 2.37 bits per heavy atom. The summed E-state index contributed by atoms with van der Waals surface area (Å²) < 4.78 is 0. The third kappa shape index (κ3) is 5.07. The van der Waals surface area contributed by atoms with Crippen LogP contribution in [0.3, 0.4) is 0 Å². The second-order valence-electron chi connectivity index (χ2n) is 7.87. The van der Waals surface area contributed by atoms with Gasteiger partial charge in [0.15, 0.2) is 5.78 Å². The number of Topliss-reactive ketones (excluding diaryl/α,β-unsaturated/α-hetero) is 1. The predicted octanol–water partition coefficient (Wildman–Crippen LogP) is 7.86. The molecule has 0 saturated carbocycles. The maximum atomic E-state index is 13.1. The Labute approximate surface area is 193 Å². The molecule has 0 spiro atoms. The Kier molecular flexibility index (Phi) is 7.95. The molecule has 0 aromatic heterocycles. The van der Waals surface area contributed by atoms with Gasteiger partial charge in [-0.1, -0.05) is 60.8 Å². The van der Waals surface area contributed by atoms with Gasteiger partial charge in [-0.15, -0.1) is 11.8 Å². The molecule has 0 amide bonds. The SMILES string of the molecule is CCc1cc(C)cc(CC)c1C1=C(O)CC(CCSc2cccc(Cl)c2Cl)CC1=O. The summed E-state index contributed by atoms with van der Waals surface area (Å²) in [6.07, 6.45) is 3.54. The number of rotatable bonds is 7. The van der Waals surface area contributed by atoms with Gasteiger partial charge in [0, 0.05) is 17.7 Å². The van der Waals surface area contributed by atoms with Crippen LogP contribution in [-0.2, 0) is 17.6 Å². The van der Waals surface area contributed by atoms with Crippen LogP contribution in [0.4, 0.5) is 0 Å². The van der Waals surface area contributed by atoms with Gasteiger partial charge in [0.05, 0.1) is 15.6 Å². The van der Waals surface area contributed by atoms with Crippen molar-refractivity contribution in [1.82, 2.24) is 0 Å². The van der Waals surface area contributed by atoms with Gasteiger partial charge in [0.25, 0.3) is 0 Å². The molecule has 1 aliphatic carbocycles. The van der Waals surface area contributed by atoms with Gasteiger partial charge in [-0.3, -0.25) is 4.79 Å². The maximum absolute atomic E-state index is 13.1. The molecule has 1 atom stereocenters. The Morgan fingerprint density at radius 2 is 1.77 bits per heavy atom. The van der Waals surface area contributed by atoms with Crippen molar-refractivity contribution in [2.45, 2.75) is 57.8 Å². The molecule has 160 valence electrons. The van der Waals surface area contributed by atoms with Gasteiger partial charge in [0.2, 0.25) is 0 Å². The van der Waals surface area contributed by atoms with E-state index in [1.165, 1.54) is 5.56 Å². The van der Waals surface area contributed by atoms with Gasteiger partial charge >= 0.3 is 0 Å². The van der Waals surface area contributed by atoms with E-state index in [1.807, 2.05) is 12.1 Å². The van der Waals surface area contributed by atoms with Crippen molar-refractivity contribution in [3.63, 3.8) is 0 Å². The fourth-order valence-electron chi connectivity index (χ4n) is 4.21. The van der Waals surface area contributed by atoms with Crippen LogP contribution in [0.25, 0.3) is 5.57 Å².